The topological polar surface area (TPSA) is 35.5 Å². The number of phenolic OH excluding ortho intramolecular Hbond substituents is 1. The minimum absolute atomic E-state index is 0.341. The summed E-state index contributed by atoms with van der Waals surface area (Å²) in [7, 11) is 2.17. The van der Waals surface area contributed by atoms with Gasteiger partial charge in [-0.25, -0.2) is 0 Å². The minimum Gasteiger partial charge on any atom is -0.508 e. The summed E-state index contributed by atoms with van der Waals surface area (Å²) >= 11 is 0. The van der Waals surface area contributed by atoms with E-state index in [1.165, 1.54) is 12.8 Å². The number of nitrogens with zero attached hydrogens (tertiary/aromatic N) is 1. The van der Waals surface area contributed by atoms with Crippen molar-refractivity contribution >= 4 is 0 Å². The highest BCUT2D eigenvalue weighted by atomic mass is 16.3. The number of unbranched alkanes of at least 4 members (excludes halogenated alkanes) is 1. The van der Waals surface area contributed by atoms with E-state index in [1.54, 1.807) is 12.1 Å². The Labute approximate surface area is 111 Å². The van der Waals surface area contributed by atoms with Crippen molar-refractivity contribution in [1.82, 2.24) is 10.2 Å². The molecule has 1 rings (SSSR count). The smallest absolute Gasteiger partial charge is 0.115 e. The van der Waals surface area contributed by atoms with E-state index < -0.39 is 0 Å². The number of phenols is 1. The van der Waals surface area contributed by atoms with E-state index in [9.17, 15) is 5.11 Å². The summed E-state index contributed by atoms with van der Waals surface area (Å²) in [6, 6.07) is 8.04. The molecule has 0 aliphatic carbocycles. The van der Waals surface area contributed by atoms with Crippen molar-refractivity contribution < 1.29 is 5.11 Å². The first-order valence-corrected chi connectivity index (χ1v) is 6.78. The summed E-state index contributed by atoms with van der Waals surface area (Å²) in [5.41, 5.74) is 1.13. The maximum absolute atomic E-state index is 9.33. The van der Waals surface area contributed by atoms with Crippen LogP contribution in [-0.2, 0) is 6.54 Å². The first-order valence-electron chi connectivity index (χ1n) is 6.78. The molecule has 18 heavy (non-hydrogen) atoms. The van der Waals surface area contributed by atoms with E-state index >= 15 is 0 Å². The summed E-state index contributed by atoms with van der Waals surface area (Å²) in [5, 5.41) is 12.7. The van der Waals surface area contributed by atoms with Gasteiger partial charge in [0.1, 0.15) is 5.75 Å². The second-order valence-corrected chi connectivity index (χ2v) is 5.13. The van der Waals surface area contributed by atoms with Crippen molar-refractivity contribution in [1.29, 1.82) is 0 Å². The van der Waals surface area contributed by atoms with Gasteiger partial charge in [0, 0.05) is 12.6 Å². The van der Waals surface area contributed by atoms with Crippen molar-refractivity contribution in [2.24, 2.45) is 0 Å². The van der Waals surface area contributed by atoms with E-state index in [0.29, 0.717) is 11.8 Å². The molecule has 0 unspecified atom stereocenters. The van der Waals surface area contributed by atoms with Crippen molar-refractivity contribution in [3.63, 3.8) is 0 Å². The first kappa shape index (κ1) is 15.0. The van der Waals surface area contributed by atoms with Gasteiger partial charge in [-0.2, -0.15) is 0 Å². The summed E-state index contributed by atoms with van der Waals surface area (Å²) in [6.07, 6.45) is 2.41. The van der Waals surface area contributed by atoms with Gasteiger partial charge in [0.05, 0.1) is 0 Å². The van der Waals surface area contributed by atoms with Crippen LogP contribution in [0.2, 0.25) is 0 Å². The molecular weight excluding hydrogens is 224 g/mol. The Bertz CT molecular complexity index is 339. The molecule has 3 heteroatoms. The summed E-state index contributed by atoms with van der Waals surface area (Å²) in [5.74, 6) is 0.341. The van der Waals surface area contributed by atoms with Crippen molar-refractivity contribution in [3.8, 4) is 5.75 Å². The van der Waals surface area contributed by atoms with Crippen molar-refractivity contribution in [3.05, 3.63) is 29.8 Å². The Balaban J connectivity index is 2.05. The average molecular weight is 250 g/mol. The van der Waals surface area contributed by atoms with Crippen LogP contribution in [0.3, 0.4) is 0 Å². The van der Waals surface area contributed by atoms with Crippen molar-refractivity contribution in [2.45, 2.75) is 39.3 Å². The fourth-order valence-electron chi connectivity index (χ4n) is 1.77. The molecule has 0 radical (unpaired) electrons. The molecule has 0 saturated carbocycles. The highest BCUT2D eigenvalue weighted by Gasteiger charge is 2.01. The van der Waals surface area contributed by atoms with Crippen LogP contribution in [0.4, 0.5) is 0 Å². The van der Waals surface area contributed by atoms with Gasteiger partial charge in [-0.05, 0) is 64.5 Å². The standard InChI is InChI=1S/C15H26N2O/c1-13(2)17(3)10-5-4-9-16-12-14-7-6-8-15(18)11-14/h6-8,11,13,16,18H,4-5,9-10,12H2,1-3H3. The molecular formula is C15H26N2O. The van der Waals surface area contributed by atoms with Crippen LogP contribution < -0.4 is 5.32 Å². The van der Waals surface area contributed by atoms with Gasteiger partial charge in [-0.3, -0.25) is 0 Å². The predicted molar refractivity (Wildman–Crippen MR) is 76.8 cm³/mol. The van der Waals surface area contributed by atoms with E-state index in [1.807, 2.05) is 12.1 Å². The second kappa shape index (κ2) is 8.11. The van der Waals surface area contributed by atoms with Crippen LogP contribution in [-0.4, -0.2) is 36.2 Å². The molecule has 1 aromatic rings. The monoisotopic (exact) mass is 250 g/mol. The van der Waals surface area contributed by atoms with E-state index in [0.717, 1.165) is 25.2 Å². The van der Waals surface area contributed by atoms with Gasteiger partial charge in [0.2, 0.25) is 0 Å². The van der Waals surface area contributed by atoms with Gasteiger partial charge >= 0.3 is 0 Å². The fourth-order valence-corrected chi connectivity index (χ4v) is 1.77. The third-order valence-electron chi connectivity index (χ3n) is 3.24. The molecule has 0 bridgehead atoms. The SMILES string of the molecule is CC(C)N(C)CCCCNCc1cccc(O)c1. The lowest BCUT2D eigenvalue weighted by molar-refractivity contribution is 0.268. The summed E-state index contributed by atoms with van der Waals surface area (Å²) < 4.78 is 0. The molecule has 0 spiro atoms. The van der Waals surface area contributed by atoms with Gasteiger partial charge in [0.15, 0.2) is 0 Å². The van der Waals surface area contributed by atoms with E-state index in [-0.39, 0.29) is 0 Å². The lowest BCUT2D eigenvalue weighted by atomic mass is 10.2. The Morgan fingerprint density at radius 1 is 1.28 bits per heavy atom. The predicted octanol–water partition coefficient (Wildman–Crippen LogP) is 2.60. The molecule has 0 aliphatic rings. The van der Waals surface area contributed by atoms with Gasteiger partial charge in [-0.15, -0.1) is 0 Å². The fraction of sp³-hybridized carbons (Fsp3) is 0.600. The zero-order valence-corrected chi connectivity index (χ0v) is 11.8. The third kappa shape index (κ3) is 6.03. The Kier molecular flexibility index (Phi) is 6.76. The highest BCUT2D eigenvalue weighted by molar-refractivity contribution is 5.26. The molecule has 0 aromatic heterocycles. The maximum Gasteiger partial charge on any atom is 0.115 e. The lowest BCUT2D eigenvalue weighted by Gasteiger charge is -2.20. The molecule has 0 saturated heterocycles. The van der Waals surface area contributed by atoms with Crippen LogP contribution in [0.1, 0.15) is 32.3 Å². The van der Waals surface area contributed by atoms with Gasteiger partial charge < -0.3 is 15.3 Å². The minimum atomic E-state index is 0.341. The van der Waals surface area contributed by atoms with Crippen LogP contribution in [0, 0.1) is 0 Å². The largest absolute Gasteiger partial charge is 0.508 e. The highest BCUT2D eigenvalue weighted by Crippen LogP contribution is 2.10. The van der Waals surface area contributed by atoms with Crippen LogP contribution in [0.25, 0.3) is 0 Å². The molecule has 0 atom stereocenters. The zero-order chi connectivity index (χ0) is 13.4. The number of aromatic hydroxyl groups is 1. The lowest BCUT2D eigenvalue weighted by Crippen LogP contribution is -2.27. The number of nitrogens with one attached hydrogen (secondary N) is 1. The number of rotatable bonds is 8. The number of benzene rings is 1. The molecule has 0 aliphatic heterocycles. The first-order chi connectivity index (χ1) is 8.59. The third-order valence-corrected chi connectivity index (χ3v) is 3.24. The Morgan fingerprint density at radius 2 is 2.06 bits per heavy atom. The molecule has 0 amide bonds. The maximum atomic E-state index is 9.33. The zero-order valence-electron chi connectivity index (χ0n) is 11.8. The van der Waals surface area contributed by atoms with Crippen LogP contribution >= 0.6 is 0 Å². The quantitative estimate of drug-likeness (QED) is 0.696. The van der Waals surface area contributed by atoms with Gasteiger partial charge in [-0.1, -0.05) is 12.1 Å². The molecule has 1 aromatic carbocycles. The van der Waals surface area contributed by atoms with E-state index in [4.69, 9.17) is 0 Å². The van der Waals surface area contributed by atoms with Crippen LogP contribution in [0.15, 0.2) is 24.3 Å². The Morgan fingerprint density at radius 3 is 2.72 bits per heavy atom. The average Bonchev–Trinajstić information content (AvgIpc) is 2.33. The summed E-state index contributed by atoms with van der Waals surface area (Å²) in [4.78, 5) is 2.37. The molecule has 2 N–H and O–H groups in total. The van der Waals surface area contributed by atoms with Gasteiger partial charge in [0.25, 0.3) is 0 Å². The van der Waals surface area contributed by atoms with Crippen molar-refractivity contribution in [2.75, 3.05) is 20.1 Å². The molecule has 3 nitrogen and oxygen atoms in total. The molecule has 0 heterocycles. The molecule has 102 valence electrons. The second-order valence-electron chi connectivity index (χ2n) is 5.13. The van der Waals surface area contributed by atoms with E-state index in [2.05, 4.69) is 31.1 Å². The summed E-state index contributed by atoms with van der Waals surface area (Å²) in [6.45, 7) is 7.46. The Hall–Kier alpha value is -1.06. The number of hydrogen-bond acceptors (Lipinski definition) is 3. The normalized spacial score (nSPS) is 11.4. The van der Waals surface area contributed by atoms with Crippen LogP contribution in [0.5, 0.6) is 5.75 Å². The number of hydrogen-bond donors (Lipinski definition) is 2. The molecule has 0 fully saturated rings.